The number of aromatic nitrogens is 6. The first-order valence-corrected chi connectivity index (χ1v) is 9.32. The lowest BCUT2D eigenvalue weighted by Crippen LogP contribution is -2.41. The van der Waals surface area contributed by atoms with Gasteiger partial charge in [-0.2, -0.15) is 13.2 Å². The summed E-state index contributed by atoms with van der Waals surface area (Å²) in [6, 6.07) is 1.71. The number of ether oxygens (including phenoxy) is 1. The Balaban J connectivity index is 2.00. The highest BCUT2D eigenvalue weighted by Gasteiger charge is 2.35. The number of hydrogen-bond donors (Lipinski definition) is 0. The standard InChI is InChI=1S/C17H13ClF4N6O5/c1-3-15(30)33-28-13(23-24-25-28)7-32-11-5-10(9(19)4-8(11)18)27-14(29)6-12(17(20,21)22)26(2)16(27)31/h4-6H,3,7H2,1-2H3. The number of carbonyl (C=O) groups is 1. The van der Waals surface area contributed by atoms with Gasteiger partial charge in [0.2, 0.25) is 5.82 Å². The van der Waals surface area contributed by atoms with E-state index in [-0.39, 0.29) is 38.2 Å². The Morgan fingerprint density at radius 3 is 2.55 bits per heavy atom. The normalized spacial score (nSPS) is 11.5. The average Bonchev–Trinajstić information content (AvgIpc) is 3.17. The average molecular weight is 493 g/mol. The minimum Gasteiger partial charge on any atom is -0.484 e. The van der Waals surface area contributed by atoms with E-state index in [9.17, 15) is 31.9 Å². The third kappa shape index (κ3) is 4.87. The molecule has 0 spiro atoms. The van der Waals surface area contributed by atoms with Crippen LogP contribution in [-0.4, -0.2) is 35.5 Å². The molecule has 0 aliphatic rings. The molecule has 0 N–H and O–H groups in total. The molecule has 0 fully saturated rings. The summed E-state index contributed by atoms with van der Waals surface area (Å²) in [6.45, 7) is 1.09. The van der Waals surface area contributed by atoms with E-state index in [0.29, 0.717) is 10.9 Å². The Bertz CT molecular complexity index is 1330. The van der Waals surface area contributed by atoms with Crippen molar-refractivity contribution in [2.45, 2.75) is 26.1 Å². The zero-order valence-corrected chi connectivity index (χ0v) is 17.5. The largest absolute Gasteiger partial charge is 0.484 e. The number of alkyl halides is 3. The highest BCUT2D eigenvalue weighted by atomic mass is 35.5. The minimum absolute atomic E-state index is 0.0319. The van der Waals surface area contributed by atoms with Crippen LogP contribution in [-0.2, 0) is 24.6 Å². The van der Waals surface area contributed by atoms with E-state index in [1.165, 1.54) is 6.92 Å². The van der Waals surface area contributed by atoms with E-state index in [2.05, 4.69) is 15.5 Å². The van der Waals surface area contributed by atoms with Gasteiger partial charge in [0.15, 0.2) is 6.61 Å². The van der Waals surface area contributed by atoms with E-state index in [1.54, 1.807) is 0 Å². The summed E-state index contributed by atoms with van der Waals surface area (Å²) in [4.78, 5) is 41.6. The molecule has 0 aliphatic carbocycles. The lowest BCUT2D eigenvalue weighted by Gasteiger charge is -2.15. The zero-order chi connectivity index (χ0) is 24.5. The van der Waals surface area contributed by atoms with E-state index < -0.39 is 47.2 Å². The van der Waals surface area contributed by atoms with Crippen molar-refractivity contribution in [3.63, 3.8) is 0 Å². The van der Waals surface area contributed by atoms with Gasteiger partial charge in [-0.15, -0.1) is 5.10 Å². The molecule has 2 aromatic heterocycles. The number of tetrazole rings is 1. The summed E-state index contributed by atoms with van der Waals surface area (Å²) in [5.74, 6) is -2.18. The molecule has 0 aliphatic heterocycles. The van der Waals surface area contributed by atoms with Crippen LogP contribution in [0.5, 0.6) is 5.75 Å². The number of hydrogen-bond acceptors (Lipinski definition) is 8. The molecule has 0 saturated heterocycles. The summed E-state index contributed by atoms with van der Waals surface area (Å²) in [5.41, 5.74) is -5.08. The SMILES string of the molecule is CCC(=O)On1nnnc1COc1cc(-n2c(=O)cc(C(F)(F)F)n(C)c2=O)c(F)cc1Cl. The van der Waals surface area contributed by atoms with Crippen LogP contribution in [0.15, 0.2) is 27.8 Å². The van der Waals surface area contributed by atoms with Gasteiger partial charge in [-0.05, 0) is 21.3 Å². The molecule has 0 amide bonds. The minimum atomic E-state index is -4.98. The fourth-order valence-electron chi connectivity index (χ4n) is 2.58. The fraction of sp³-hybridized carbons (Fsp3) is 0.294. The monoisotopic (exact) mass is 492 g/mol. The maximum atomic E-state index is 14.5. The highest BCUT2D eigenvalue weighted by molar-refractivity contribution is 6.32. The van der Waals surface area contributed by atoms with E-state index in [1.807, 2.05) is 0 Å². The zero-order valence-electron chi connectivity index (χ0n) is 16.8. The third-order valence-electron chi connectivity index (χ3n) is 4.19. The lowest BCUT2D eigenvalue weighted by molar-refractivity contribution is -0.146. The van der Waals surface area contributed by atoms with E-state index in [0.717, 1.165) is 13.1 Å². The van der Waals surface area contributed by atoms with Gasteiger partial charge in [0.25, 0.3) is 5.56 Å². The second-order valence-corrected chi connectivity index (χ2v) is 6.76. The van der Waals surface area contributed by atoms with Gasteiger partial charge in [-0.1, -0.05) is 18.5 Å². The first kappa shape index (κ1) is 23.9. The summed E-state index contributed by atoms with van der Waals surface area (Å²) < 4.78 is 59.4. The van der Waals surface area contributed by atoms with Crippen LogP contribution in [0, 0.1) is 5.82 Å². The predicted molar refractivity (Wildman–Crippen MR) is 101 cm³/mol. The fourth-order valence-corrected chi connectivity index (χ4v) is 2.78. The van der Waals surface area contributed by atoms with Gasteiger partial charge in [0.05, 0.1) is 10.7 Å². The molecule has 0 radical (unpaired) electrons. The maximum Gasteiger partial charge on any atom is 0.431 e. The van der Waals surface area contributed by atoms with Gasteiger partial charge in [-0.3, -0.25) is 9.36 Å². The number of halogens is 5. The van der Waals surface area contributed by atoms with Gasteiger partial charge in [-0.25, -0.2) is 18.5 Å². The molecule has 2 heterocycles. The molecule has 0 bridgehead atoms. The summed E-state index contributed by atoms with van der Waals surface area (Å²) in [5, 5.41) is 10.0. The summed E-state index contributed by atoms with van der Waals surface area (Å²) in [7, 11) is 0.781. The van der Waals surface area contributed by atoms with Crippen molar-refractivity contribution in [3.8, 4) is 11.4 Å². The van der Waals surface area contributed by atoms with Crippen molar-refractivity contribution in [2.75, 3.05) is 0 Å². The first-order chi connectivity index (χ1) is 15.4. The quantitative estimate of drug-likeness (QED) is 0.372. The molecule has 0 saturated carbocycles. The molecule has 33 heavy (non-hydrogen) atoms. The molecule has 176 valence electrons. The topological polar surface area (TPSA) is 123 Å². The smallest absolute Gasteiger partial charge is 0.431 e. The van der Waals surface area contributed by atoms with E-state index >= 15 is 0 Å². The van der Waals surface area contributed by atoms with Crippen LogP contribution in [0.1, 0.15) is 24.9 Å². The number of carbonyl (C=O) groups excluding carboxylic acids is 1. The molecule has 0 unspecified atom stereocenters. The van der Waals surface area contributed by atoms with Crippen molar-refractivity contribution in [1.29, 1.82) is 0 Å². The molecule has 0 atom stereocenters. The van der Waals surface area contributed by atoms with Gasteiger partial charge in [0, 0.05) is 25.6 Å². The highest BCUT2D eigenvalue weighted by Crippen LogP contribution is 2.30. The molecule has 3 aromatic rings. The van der Waals surface area contributed by atoms with Crippen molar-refractivity contribution in [2.24, 2.45) is 7.05 Å². The second kappa shape index (κ2) is 9.01. The lowest BCUT2D eigenvalue weighted by atomic mass is 10.2. The number of nitrogens with zero attached hydrogens (tertiary/aromatic N) is 6. The molecule has 11 nitrogen and oxygen atoms in total. The van der Waals surface area contributed by atoms with Crippen molar-refractivity contribution >= 4 is 17.6 Å². The first-order valence-electron chi connectivity index (χ1n) is 8.95. The summed E-state index contributed by atoms with van der Waals surface area (Å²) in [6.07, 6.45) is -4.95. The van der Waals surface area contributed by atoms with Crippen LogP contribution in [0.4, 0.5) is 17.6 Å². The van der Waals surface area contributed by atoms with Crippen LogP contribution in [0.2, 0.25) is 5.02 Å². The Morgan fingerprint density at radius 2 is 1.91 bits per heavy atom. The molecular weight excluding hydrogens is 480 g/mol. The molecular formula is C17H13ClF4N6O5. The maximum absolute atomic E-state index is 14.5. The van der Waals surface area contributed by atoms with E-state index in [4.69, 9.17) is 21.2 Å². The van der Waals surface area contributed by atoms with Crippen molar-refractivity contribution in [1.82, 2.24) is 29.5 Å². The van der Waals surface area contributed by atoms with Crippen LogP contribution >= 0.6 is 11.6 Å². The number of rotatable bonds is 6. The molecule has 3 rings (SSSR count). The Kier molecular flexibility index (Phi) is 6.53. The van der Waals surface area contributed by atoms with Crippen LogP contribution < -0.4 is 20.8 Å². The van der Waals surface area contributed by atoms with Gasteiger partial charge < -0.3 is 9.57 Å². The Morgan fingerprint density at radius 1 is 1.21 bits per heavy atom. The van der Waals surface area contributed by atoms with Crippen molar-refractivity contribution in [3.05, 3.63) is 61.4 Å². The second-order valence-electron chi connectivity index (χ2n) is 6.35. The van der Waals surface area contributed by atoms with Crippen LogP contribution in [0.25, 0.3) is 5.69 Å². The van der Waals surface area contributed by atoms with Crippen molar-refractivity contribution < 1.29 is 31.9 Å². The summed E-state index contributed by atoms with van der Waals surface area (Å²) >= 11 is 5.94. The predicted octanol–water partition coefficient (Wildman–Crippen LogP) is 1.28. The van der Waals surface area contributed by atoms with Crippen LogP contribution in [0.3, 0.4) is 0 Å². The number of benzene rings is 1. The molecule has 1 aromatic carbocycles. The molecule has 16 heteroatoms. The Labute approximate surface area is 185 Å². The Hall–Kier alpha value is -3.75. The van der Waals surface area contributed by atoms with Gasteiger partial charge >= 0.3 is 17.8 Å². The third-order valence-corrected chi connectivity index (χ3v) is 4.48. The van der Waals surface area contributed by atoms with Gasteiger partial charge in [0.1, 0.15) is 17.3 Å².